The van der Waals surface area contributed by atoms with Crippen LogP contribution in [0.1, 0.15) is 20.8 Å². The van der Waals surface area contributed by atoms with Crippen molar-refractivity contribution in [1.82, 2.24) is 0 Å². The van der Waals surface area contributed by atoms with E-state index in [1.165, 1.54) is 6.08 Å². The molecule has 0 aromatic carbocycles. The molecule has 2 N–H and O–H groups in total. The minimum absolute atomic E-state index is 0.474. The molecule has 0 aromatic heterocycles. The highest BCUT2D eigenvalue weighted by atomic mass is 19.1. The fourth-order valence-electron chi connectivity index (χ4n) is 0.857. The molecule has 0 radical (unpaired) electrons. The summed E-state index contributed by atoms with van der Waals surface area (Å²) in [5.41, 5.74) is 7.09. The van der Waals surface area contributed by atoms with Crippen LogP contribution in [0.15, 0.2) is 72.8 Å². The van der Waals surface area contributed by atoms with Crippen LogP contribution in [0.2, 0.25) is 0 Å². The molecule has 0 bridgehead atoms. The van der Waals surface area contributed by atoms with Crippen LogP contribution < -0.4 is 5.73 Å². The van der Waals surface area contributed by atoms with E-state index in [2.05, 4.69) is 6.58 Å². The van der Waals surface area contributed by atoms with Gasteiger partial charge >= 0.3 is 0 Å². The minimum Gasteiger partial charge on any atom is -0.399 e. The van der Waals surface area contributed by atoms with Gasteiger partial charge in [-0.25, -0.2) is 4.39 Å². The molecule has 0 aliphatic rings. The molecule has 0 amide bonds. The Morgan fingerprint density at radius 3 is 2.24 bits per heavy atom. The lowest BCUT2D eigenvalue weighted by atomic mass is 10.2. The zero-order valence-electron chi connectivity index (χ0n) is 10.9. The van der Waals surface area contributed by atoms with Crippen molar-refractivity contribution in [2.45, 2.75) is 20.8 Å². The van der Waals surface area contributed by atoms with Gasteiger partial charge in [-0.3, -0.25) is 0 Å². The predicted molar refractivity (Wildman–Crippen MR) is 76.1 cm³/mol. The lowest BCUT2D eigenvalue weighted by Gasteiger charge is -1.90. The van der Waals surface area contributed by atoms with E-state index < -0.39 is 0 Å². The van der Waals surface area contributed by atoms with Crippen molar-refractivity contribution in [3.05, 3.63) is 72.8 Å². The Morgan fingerprint density at radius 2 is 1.76 bits per heavy atom. The van der Waals surface area contributed by atoms with E-state index >= 15 is 0 Å². The molecule has 0 unspecified atom stereocenters. The Morgan fingerprint density at radius 1 is 1.12 bits per heavy atom. The van der Waals surface area contributed by atoms with Crippen LogP contribution >= 0.6 is 0 Å². The molecule has 0 fully saturated rings. The molecular formula is C15H22FN. The third-order valence-corrected chi connectivity index (χ3v) is 1.53. The molecule has 94 valence electrons. The van der Waals surface area contributed by atoms with E-state index in [9.17, 15) is 4.39 Å². The highest BCUT2D eigenvalue weighted by Crippen LogP contribution is 2.00. The van der Waals surface area contributed by atoms with E-state index in [4.69, 9.17) is 5.73 Å². The molecule has 0 aliphatic heterocycles. The first-order valence-electron chi connectivity index (χ1n) is 5.60. The molecule has 17 heavy (non-hydrogen) atoms. The van der Waals surface area contributed by atoms with E-state index in [0.29, 0.717) is 12.0 Å². The molecule has 0 atom stereocenters. The zero-order valence-corrected chi connectivity index (χ0v) is 10.9. The first kappa shape index (κ1) is 17.6. The van der Waals surface area contributed by atoms with Crippen LogP contribution in [0.25, 0.3) is 0 Å². The Hall–Kier alpha value is -1.83. The number of halogens is 1. The van der Waals surface area contributed by atoms with Gasteiger partial charge in [-0.15, -0.1) is 0 Å². The van der Waals surface area contributed by atoms with Gasteiger partial charge in [-0.2, -0.15) is 0 Å². The summed E-state index contributed by atoms with van der Waals surface area (Å²) in [6, 6.07) is 0. The van der Waals surface area contributed by atoms with Crippen LogP contribution in [-0.4, -0.2) is 0 Å². The average molecular weight is 235 g/mol. The SMILES string of the molecule is C=CC(/C=C/C=C(N)\C=C/C)=C\C=C\F.CC. The summed E-state index contributed by atoms with van der Waals surface area (Å²) in [6.45, 7) is 9.50. The maximum atomic E-state index is 11.7. The Labute approximate surface area is 104 Å². The Kier molecular flexibility index (Phi) is 14.6. The molecule has 2 heteroatoms. The number of rotatable bonds is 5. The summed E-state index contributed by atoms with van der Waals surface area (Å²) in [4.78, 5) is 0. The first-order valence-corrected chi connectivity index (χ1v) is 5.60. The smallest absolute Gasteiger partial charge is 0.0867 e. The van der Waals surface area contributed by atoms with Gasteiger partial charge in [0.25, 0.3) is 0 Å². The fourth-order valence-corrected chi connectivity index (χ4v) is 0.857. The van der Waals surface area contributed by atoms with E-state index in [0.717, 1.165) is 5.57 Å². The van der Waals surface area contributed by atoms with Crippen molar-refractivity contribution in [3.63, 3.8) is 0 Å². The molecule has 0 aromatic rings. The molecular weight excluding hydrogens is 213 g/mol. The van der Waals surface area contributed by atoms with Gasteiger partial charge in [0.1, 0.15) is 0 Å². The van der Waals surface area contributed by atoms with Gasteiger partial charge in [-0.05, 0) is 30.7 Å². The number of hydrogen-bond donors (Lipinski definition) is 1. The molecule has 0 spiro atoms. The summed E-state index contributed by atoms with van der Waals surface area (Å²) < 4.78 is 11.7. The Balaban J connectivity index is 0. The van der Waals surface area contributed by atoms with Crippen LogP contribution in [0.3, 0.4) is 0 Å². The quantitative estimate of drug-likeness (QED) is 0.693. The average Bonchev–Trinajstić information content (AvgIpc) is 2.36. The predicted octanol–water partition coefficient (Wildman–Crippen LogP) is 4.58. The van der Waals surface area contributed by atoms with Crippen molar-refractivity contribution < 1.29 is 4.39 Å². The lowest BCUT2D eigenvalue weighted by molar-refractivity contribution is 0.721. The molecule has 0 rings (SSSR count). The second kappa shape index (κ2) is 14.2. The third-order valence-electron chi connectivity index (χ3n) is 1.53. The summed E-state index contributed by atoms with van der Waals surface area (Å²) in [6.07, 6.45) is 14.0. The topological polar surface area (TPSA) is 26.0 Å². The van der Waals surface area contributed by atoms with Crippen molar-refractivity contribution in [1.29, 1.82) is 0 Å². The maximum absolute atomic E-state index is 11.7. The number of allylic oxidation sites excluding steroid dienone is 9. The maximum Gasteiger partial charge on any atom is 0.0867 e. The highest BCUT2D eigenvalue weighted by Gasteiger charge is 1.81. The van der Waals surface area contributed by atoms with Crippen molar-refractivity contribution in [3.8, 4) is 0 Å². The second-order valence-corrected chi connectivity index (χ2v) is 2.72. The molecule has 1 nitrogen and oxygen atoms in total. The van der Waals surface area contributed by atoms with E-state index in [1.807, 2.05) is 26.8 Å². The second-order valence-electron chi connectivity index (χ2n) is 2.72. The number of nitrogens with two attached hydrogens (primary N) is 1. The molecule has 0 saturated heterocycles. The monoisotopic (exact) mass is 235 g/mol. The third kappa shape index (κ3) is 12.1. The van der Waals surface area contributed by atoms with Gasteiger partial charge in [0.15, 0.2) is 0 Å². The van der Waals surface area contributed by atoms with Crippen molar-refractivity contribution in [2.24, 2.45) is 5.73 Å². The largest absolute Gasteiger partial charge is 0.399 e. The Bertz CT molecular complexity index is 331. The lowest BCUT2D eigenvalue weighted by Crippen LogP contribution is -1.90. The van der Waals surface area contributed by atoms with Gasteiger partial charge in [0, 0.05) is 5.70 Å². The minimum atomic E-state index is 0.474. The standard InChI is InChI=1S/C13H16FN.C2H6/c1-3-7-13(15)10-5-8-12(4-2)9-6-11-14;1-2/h3-11H,2,15H2,1H3;1-2H3/b7-3-,8-5+,11-6+,12-9+,13-10+;. The van der Waals surface area contributed by atoms with E-state index in [-0.39, 0.29) is 0 Å². The summed E-state index contributed by atoms with van der Waals surface area (Å²) in [5.74, 6) is 0. The normalized spacial score (nSPS) is 13.2. The zero-order chi connectivity index (χ0) is 13.5. The van der Waals surface area contributed by atoms with Crippen LogP contribution in [-0.2, 0) is 0 Å². The molecule has 0 saturated carbocycles. The van der Waals surface area contributed by atoms with Crippen LogP contribution in [0.5, 0.6) is 0 Å². The summed E-state index contributed by atoms with van der Waals surface area (Å²) >= 11 is 0. The highest BCUT2D eigenvalue weighted by molar-refractivity contribution is 5.35. The van der Waals surface area contributed by atoms with E-state index in [1.54, 1.807) is 36.5 Å². The summed E-state index contributed by atoms with van der Waals surface area (Å²) in [5, 5.41) is 0. The first-order chi connectivity index (χ1) is 8.24. The molecule has 0 aliphatic carbocycles. The van der Waals surface area contributed by atoms with Gasteiger partial charge < -0.3 is 5.73 Å². The molecule has 0 heterocycles. The number of hydrogen-bond acceptors (Lipinski definition) is 1. The van der Waals surface area contributed by atoms with Crippen molar-refractivity contribution in [2.75, 3.05) is 0 Å². The van der Waals surface area contributed by atoms with Gasteiger partial charge in [-0.1, -0.05) is 50.8 Å². The van der Waals surface area contributed by atoms with Crippen LogP contribution in [0.4, 0.5) is 4.39 Å². The van der Waals surface area contributed by atoms with Gasteiger partial charge in [0.2, 0.25) is 0 Å². The van der Waals surface area contributed by atoms with Crippen LogP contribution in [0, 0.1) is 0 Å². The fraction of sp³-hybridized carbons (Fsp3) is 0.200. The van der Waals surface area contributed by atoms with Crippen molar-refractivity contribution >= 4 is 0 Å². The summed E-state index contributed by atoms with van der Waals surface area (Å²) in [7, 11) is 0. The van der Waals surface area contributed by atoms with Gasteiger partial charge in [0.05, 0.1) is 6.33 Å².